The second-order valence-corrected chi connectivity index (χ2v) is 9.28. The maximum Gasteiger partial charge on any atom is 0.227 e. The number of hydrogen-bond acceptors (Lipinski definition) is 6. The Hall–Kier alpha value is -4.36. The molecule has 3 aromatic carbocycles. The van der Waals surface area contributed by atoms with Crippen LogP contribution in [0.4, 0.5) is 17.1 Å². The monoisotopic (exact) mass is 509 g/mol. The lowest BCUT2D eigenvalue weighted by atomic mass is 10.0. The van der Waals surface area contributed by atoms with Crippen molar-refractivity contribution in [1.82, 2.24) is 0 Å². The minimum absolute atomic E-state index is 0.0148. The van der Waals surface area contributed by atoms with E-state index in [0.717, 1.165) is 48.8 Å². The first kappa shape index (κ1) is 26.7. The zero-order valence-corrected chi connectivity index (χ0v) is 21.8. The fraction of sp³-hybridized carbons (Fsp3) is 0.226. The van der Waals surface area contributed by atoms with E-state index >= 15 is 0 Å². The van der Waals surface area contributed by atoms with Crippen LogP contribution in [0.15, 0.2) is 102 Å². The van der Waals surface area contributed by atoms with Gasteiger partial charge in [-0.3, -0.25) is 4.79 Å². The van der Waals surface area contributed by atoms with Crippen molar-refractivity contribution in [2.75, 3.05) is 41.8 Å². The Morgan fingerprint density at radius 2 is 1.63 bits per heavy atom. The molecular weight excluding hydrogens is 474 g/mol. The van der Waals surface area contributed by atoms with E-state index in [4.69, 9.17) is 10.5 Å². The number of carbonyl (C=O) groups is 1. The predicted octanol–water partition coefficient (Wildman–Crippen LogP) is 5.29. The molecule has 1 unspecified atom stereocenters. The number of nitrogens with zero attached hydrogens (tertiary/aromatic N) is 2. The minimum Gasteiger partial charge on any atom is -0.398 e. The highest BCUT2D eigenvalue weighted by Gasteiger charge is 2.14. The number of nitrogens with one attached hydrogen (secondary N) is 2. The van der Waals surface area contributed by atoms with Gasteiger partial charge in [-0.1, -0.05) is 56.0 Å². The Morgan fingerprint density at radius 1 is 1.00 bits per heavy atom. The van der Waals surface area contributed by atoms with E-state index in [1.807, 2.05) is 73.7 Å². The van der Waals surface area contributed by atoms with Gasteiger partial charge in [-0.2, -0.15) is 0 Å². The lowest BCUT2D eigenvalue weighted by molar-refractivity contribution is -0.119. The van der Waals surface area contributed by atoms with E-state index < -0.39 is 0 Å². The fourth-order valence-electron chi connectivity index (χ4n) is 4.15. The third-order valence-corrected chi connectivity index (χ3v) is 6.33. The molecule has 0 saturated carbocycles. The van der Waals surface area contributed by atoms with E-state index in [9.17, 15) is 4.79 Å². The molecule has 38 heavy (non-hydrogen) atoms. The summed E-state index contributed by atoms with van der Waals surface area (Å²) in [6.07, 6.45) is 4.04. The summed E-state index contributed by atoms with van der Waals surface area (Å²) in [5.41, 5.74) is 11.6. The zero-order valence-electron chi connectivity index (χ0n) is 21.8. The number of aliphatic imine (C=N–C) groups is 1. The van der Waals surface area contributed by atoms with Gasteiger partial charge in [0.1, 0.15) is 5.82 Å². The summed E-state index contributed by atoms with van der Waals surface area (Å²) in [5, 5.41) is 6.17. The van der Waals surface area contributed by atoms with E-state index in [2.05, 4.69) is 39.2 Å². The van der Waals surface area contributed by atoms with Gasteiger partial charge in [0.2, 0.25) is 5.91 Å². The summed E-state index contributed by atoms with van der Waals surface area (Å²) in [6, 6.07) is 25.6. The summed E-state index contributed by atoms with van der Waals surface area (Å²) >= 11 is 0. The quantitative estimate of drug-likeness (QED) is 0.323. The zero-order chi connectivity index (χ0) is 26.7. The van der Waals surface area contributed by atoms with E-state index in [0.29, 0.717) is 17.9 Å². The maximum absolute atomic E-state index is 12.6. The Morgan fingerprint density at radius 3 is 2.32 bits per heavy atom. The highest BCUT2D eigenvalue weighted by molar-refractivity contribution is 5.92. The number of amides is 1. The number of carbonyl (C=O) groups excluding carboxylic acids is 1. The lowest BCUT2D eigenvalue weighted by Crippen LogP contribution is -2.36. The third-order valence-electron chi connectivity index (χ3n) is 6.33. The molecule has 1 amide bonds. The van der Waals surface area contributed by atoms with Gasteiger partial charge in [0.15, 0.2) is 0 Å². The Labute approximate surface area is 224 Å². The molecule has 3 aromatic rings. The molecule has 0 aromatic heterocycles. The summed E-state index contributed by atoms with van der Waals surface area (Å²) in [6.45, 7) is 9.23. The summed E-state index contributed by atoms with van der Waals surface area (Å²) in [5.74, 6) is 0.359. The number of hydrogen-bond donors (Lipinski definition) is 3. The van der Waals surface area contributed by atoms with Crippen molar-refractivity contribution in [1.29, 1.82) is 0 Å². The highest BCUT2D eigenvalue weighted by atomic mass is 16.5. The summed E-state index contributed by atoms with van der Waals surface area (Å²) in [7, 11) is 0. The molecule has 0 bridgehead atoms. The van der Waals surface area contributed by atoms with Gasteiger partial charge < -0.3 is 26.0 Å². The molecule has 196 valence electrons. The van der Waals surface area contributed by atoms with Gasteiger partial charge >= 0.3 is 0 Å². The third kappa shape index (κ3) is 7.82. The number of anilines is 3. The number of rotatable bonds is 10. The molecule has 1 aliphatic rings. The van der Waals surface area contributed by atoms with Crippen LogP contribution in [0.5, 0.6) is 0 Å². The molecule has 0 aliphatic carbocycles. The number of allylic oxidation sites excluding steroid dienone is 1. The van der Waals surface area contributed by atoms with Gasteiger partial charge in [-0.15, -0.1) is 0 Å². The largest absolute Gasteiger partial charge is 0.398 e. The van der Waals surface area contributed by atoms with Crippen molar-refractivity contribution < 1.29 is 9.53 Å². The van der Waals surface area contributed by atoms with Crippen molar-refractivity contribution in [2.45, 2.75) is 13.3 Å². The van der Waals surface area contributed by atoms with E-state index in [1.54, 1.807) is 12.3 Å². The van der Waals surface area contributed by atoms with E-state index in [-0.39, 0.29) is 11.8 Å². The van der Waals surface area contributed by atoms with Crippen LogP contribution >= 0.6 is 0 Å². The molecule has 0 spiro atoms. The number of ether oxygens (including phenoxy) is 1. The van der Waals surface area contributed by atoms with Gasteiger partial charge in [0.05, 0.1) is 13.2 Å². The molecule has 1 atom stereocenters. The minimum atomic E-state index is -0.136. The van der Waals surface area contributed by atoms with Crippen LogP contribution in [0.3, 0.4) is 0 Å². The maximum atomic E-state index is 12.6. The SMILES string of the molecule is C=C(N=C/C=C(\N)c1ccc(NC(=O)C(C)Cc2ccccc2)cc1)Nc1ccc(N2CCOCC2)cc1. The first-order valence-electron chi connectivity index (χ1n) is 12.8. The van der Waals surface area contributed by atoms with Gasteiger partial charge in [-0.25, -0.2) is 4.99 Å². The fourth-order valence-corrected chi connectivity index (χ4v) is 4.15. The molecule has 1 heterocycles. The number of nitrogens with two attached hydrogens (primary N) is 1. The van der Waals surface area contributed by atoms with Crippen LogP contribution in [0.1, 0.15) is 18.1 Å². The van der Waals surface area contributed by atoms with Crippen LogP contribution in [0, 0.1) is 5.92 Å². The van der Waals surface area contributed by atoms with Crippen molar-refractivity contribution >= 4 is 34.9 Å². The number of morpholine rings is 1. The lowest BCUT2D eigenvalue weighted by Gasteiger charge is -2.28. The molecule has 4 rings (SSSR count). The average molecular weight is 510 g/mol. The van der Waals surface area contributed by atoms with Crippen LogP contribution < -0.4 is 21.3 Å². The van der Waals surface area contributed by atoms with Crippen LogP contribution in [-0.2, 0) is 16.0 Å². The normalized spacial score (nSPS) is 14.8. The molecule has 7 nitrogen and oxygen atoms in total. The van der Waals surface area contributed by atoms with Crippen LogP contribution in [0.25, 0.3) is 5.70 Å². The first-order chi connectivity index (χ1) is 18.5. The van der Waals surface area contributed by atoms with Gasteiger partial charge in [-0.05, 0) is 60.0 Å². The highest BCUT2D eigenvalue weighted by Crippen LogP contribution is 2.20. The summed E-state index contributed by atoms with van der Waals surface area (Å²) < 4.78 is 5.41. The molecular formula is C31H35N5O2. The van der Waals surface area contributed by atoms with Crippen molar-refractivity contribution in [3.63, 3.8) is 0 Å². The molecule has 0 radical (unpaired) electrons. The van der Waals surface area contributed by atoms with Crippen LogP contribution in [0.2, 0.25) is 0 Å². The predicted molar refractivity (Wildman–Crippen MR) is 157 cm³/mol. The van der Waals surface area contributed by atoms with Crippen molar-refractivity contribution in [2.24, 2.45) is 16.6 Å². The molecule has 4 N–H and O–H groups in total. The second kappa shape index (κ2) is 13.3. The topological polar surface area (TPSA) is 92.0 Å². The van der Waals surface area contributed by atoms with Crippen molar-refractivity contribution in [3.05, 3.63) is 108 Å². The average Bonchev–Trinajstić information content (AvgIpc) is 2.95. The van der Waals surface area contributed by atoms with E-state index in [1.165, 1.54) is 5.69 Å². The van der Waals surface area contributed by atoms with Gasteiger partial charge in [0, 0.05) is 48.0 Å². The smallest absolute Gasteiger partial charge is 0.227 e. The Kier molecular flexibility index (Phi) is 9.32. The molecule has 7 heteroatoms. The molecule has 1 aliphatic heterocycles. The Bertz CT molecular complexity index is 1260. The Balaban J connectivity index is 1.25. The first-order valence-corrected chi connectivity index (χ1v) is 12.8. The van der Waals surface area contributed by atoms with Crippen LogP contribution in [-0.4, -0.2) is 38.4 Å². The summed E-state index contributed by atoms with van der Waals surface area (Å²) in [4.78, 5) is 19.2. The van der Waals surface area contributed by atoms with Gasteiger partial charge in [0.25, 0.3) is 0 Å². The second-order valence-electron chi connectivity index (χ2n) is 9.28. The molecule has 1 saturated heterocycles. The standard InChI is InChI=1S/C31H35N5O2/c1-23(22-25-6-4-3-5-7-25)31(37)35-28-10-8-26(9-11-28)30(32)16-17-33-24(2)34-27-12-14-29(15-13-27)36-18-20-38-21-19-36/h3-17,23,34H,2,18-22,32H2,1H3,(H,35,37)/b30-16-,33-17?. The number of benzene rings is 3. The molecule has 1 fully saturated rings. The van der Waals surface area contributed by atoms with Crippen molar-refractivity contribution in [3.8, 4) is 0 Å².